The van der Waals surface area contributed by atoms with E-state index in [1.807, 2.05) is 5.32 Å². The number of amides is 3. The number of hydrogen-bond donors (Lipinski definition) is 2. The quantitative estimate of drug-likeness (QED) is 0.771. The van der Waals surface area contributed by atoms with E-state index in [9.17, 15) is 14.4 Å². The van der Waals surface area contributed by atoms with Gasteiger partial charge in [0.05, 0.1) is 0 Å². The first kappa shape index (κ1) is 17.0. The van der Waals surface area contributed by atoms with Crippen molar-refractivity contribution < 1.29 is 23.9 Å². The average molecular weight is 359 g/mol. The van der Waals surface area contributed by atoms with E-state index in [1.54, 1.807) is 24.3 Å². The predicted molar refractivity (Wildman–Crippen MR) is 77.8 cm³/mol. The second-order valence-corrected chi connectivity index (χ2v) is 4.86. The number of benzene rings is 1. The Labute approximate surface area is 130 Å². The van der Waals surface area contributed by atoms with Crippen LogP contribution in [0.25, 0.3) is 0 Å². The van der Waals surface area contributed by atoms with Crippen LogP contribution in [-0.2, 0) is 14.3 Å². The molecule has 0 aliphatic rings. The van der Waals surface area contributed by atoms with Gasteiger partial charge < -0.3 is 14.8 Å². The van der Waals surface area contributed by atoms with Crippen LogP contribution in [0.15, 0.2) is 28.7 Å². The monoisotopic (exact) mass is 358 g/mol. The molecule has 0 saturated heterocycles. The van der Waals surface area contributed by atoms with Gasteiger partial charge in [0.1, 0.15) is 5.75 Å². The summed E-state index contributed by atoms with van der Waals surface area (Å²) in [6.07, 6.45) is -0.876. The van der Waals surface area contributed by atoms with Crippen molar-refractivity contribution >= 4 is 33.8 Å². The Balaban J connectivity index is 2.39. The van der Waals surface area contributed by atoms with Gasteiger partial charge in [-0.2, -0.15) is 0 Å². The minimum Gasteiger partial charge on any atom is -0.479 e. The second kappa shape index (κ2) is 8.25. The second-order valence-electron chi connectivity index (χ2n) is 3.95. The van der Waals surface area contributed by atoms with E-state index in [1.165, 1.54) is 14.0 Å². The molecule has 21 heavy (non-hydrogen) atoms. The van der Waals surface area contributed by atoms with E-state index in [-0.39, 0.29) is 0 Å². The lowest BCUT2D eigenvalue weighted by molar-refractivity contribution is -0.154. The Hall–Kier alpha value is -2.09. The number of esters is 1. The van der Waals surface area contributed by atoms with Gasteiger partial charge in [-0.25, -0.2) is 9.59 Å². The topological polar surface area (TPSA) is 93.7 Å². The Kier molecular flexibility index (Phi) is 6.67. The first-order valence-electron chi connectivity index (χ1n) is 6.02. The third kappa shape index (κ3) is 6.26. The fraction of sp³-hybridized carbons (Fsp3) is 0.308. The summed E-state index contributed by atoms with van der Waals surface area (Å²) < 4.78 is 11.0. The first-order valence-corrected chi connectivity index (χ1v) is 6.82. The summed E-state index contributed by atoms with van der Waals surface area (Å²) in [5.41, 5.74) is 0. The molecule has 1 atom stereocenters. The molecule has 0 unspecified atom stereocenters. The van der Waals surface area contributed by atoms with E-state index < -0.39 is 30.6 Å². The molecule has 1 aromatic rings. The van der Waals surface area contributed by atoms with Crippen molar-refractivity contribution in [2.24, 2.45) is 0 Å². The number of ether oxygens (including phenoxy) is 2. The fourth-order valence-electron chi connectivity index (χ4n) is 1.24. The molecule has 8 heteroatoms. The van der Waals surface area contributed by atoms with Crippen molar-refractivity contribution in [1.82, 2.24) is 10.6 Å². The van der Waals surface area contributed by atoms with Crippen LogP contribution >= 0.6 is 15.9 Å². The third-order valence-corrected chi connectivity index (χ3v) is 2.81. The van der Waals surface area contributed by atoms with E-state index in [4.69, 9.17) is 9.47 Å². The van der Waals surface area contributed by atoms with Gasteiger partial charge in [-0.15, -0.1) is 0 Å². The molecule has 2 N–H and O–H groups in total. The van der Waals surface area contributed by atoms with Crippen LogP contribution in [0.5, 0.6) is 5.75 Å². The van der Waals surface area contributed by atoms with Gasteiger partial charge in [-0.3, -0.25) is 10.1 Å². The van der Waals surface area contributed by atoms with Crippen LogP contribution in [-0.4, -0.2) is 37.7 Å². The molecule has 3 amide bonds. The molecule has 0 fully saturated rings. The Morgan fingerprint density at radius 2 is 1.86 bits per heavy atom. The van der Waals surface area contributed by atoms with Gasteiger partial charge in [0.15, 0.2) is 12.7 Å². The van der Waals surface area contributed by atoms with Gasteiger partial charge in [-0.05, 0) is 31.2 Å². The average Bonchev–Trinajstić information content (AvgIpc) is 2.46. The molecule has 114 valence electrons. The summed E-state index contributed by atoms with van der Waals surface area (Å²) in [5.74, 6) is -0.930. The van der Waals surface area contributed by atoms with Crippen LogP contribution in [0.2, 0.25) is 0 Å². The van der Waals surface area contributed by atoms with Crippen molar-refractivity contribution in [1.29, 1.82) is 0 Å². The number of halogens is 1. The summed E-state index contributed by atoms with van der Waals surface area (Å²) in [5, 5.41) is 4.17. The number of urea groups is 1. The highest BCUT2D eigenvalue weighted by Crippen LogP contribution is 2.17. The van der Waals surface area contributed by atoms with E-state index in [0.717, 1.165) is 4.47 Å². The Bertz CT molecular complexity index is 518. The van der Waals surface area contributed by atoms with E-state index >= 15 is 0 Å². The van der Waals surface area contributed by atoms with Crippen molar-refractivity contribution in [2.45, 2.75) is 13.0 Å². The van der Waals surface area contributed by atoms with Crippen molar-refractivity contribution in [2.75, 3.05) is 13.7 Å². The molecule has 7 nitrogen and oxygen atoms in total. The van der Waals surface area contributed by atoms with Gasteiger partial charge >= 0.3 is 12.0 Å². The molecule has 0 bridgehead atoms. The van der Waals surface area contributed by atoms with E-state index in [2.05, 4.69) is 21.2 Å². The molecule has 0 saturated carbocycles. The summed E-state index contributed by atoms with van der Waals surface area (Å²) in [7, 11) is 1.36. The lowest BCUT2D eigenvalue weighted by Gasteiger charge is -2.13. The lowest BCUT2D eigenvalue weighted by atomic mass is 10.3. The van der Waals surface area contributed by atoms with Crippen LogP contribution in [0.3, 0.4) is 0 Å². The molecule has 0 aliphatic heterocycles. The van der Waals surface area contributed by atoms with Crippen LogP contribution in [0, 0.1) is 0 Å². The maximum Gasteiger partial charge on any atom is 0.347 e. The molecular formula is C13H15BrN2O5. The van der Waals surface area contributed by atoms with Gasteiger partial charge in [0.2, 0.25) is 0 Å². The van der Waals surface area contributed by atoms with E-state index in [0.29, 0.717) is 5.75 Å². The first-order chi connectivity index (χ1) is 9.92. The molecular weight excluding hydrogens is 344 g/mol. The van der Waals surface area contributed by atoms with Gasteiger partial charge in [-0.1, -0.05) is 15.9 Å². The van der Waals surface area contributed by atoms with Gasteiger partial charge in [0, 0.05) is 11.5 Å². The number of imide groups is 1. The molecule has 0 radical (unpaired) electrons. The number of rotatable bonds is 5. The summed E-state index contributed by atoms with van der Waals surface area (Å²) in [6.45, 7) is 0.946. The SMILES string of the molecule is CNC(=O)NC(=O)COC(=O)[C@@H](C)Oc1ccc(Br)cc1. The third-order valence-electron chi connectivity index (χ3n) is 2.28. The molecule has 0 aromatic heterocycles. The largest absolute Gasteiger partial charge is 0.479 e. The molecule has 1 aromatic carbocycles. The van der Waals surface area contributed by atoms with Gasteiger partial charge in [0.25, 0.3) is 5.91 Å². The van der Waals surface area contributed by atoms with Crippen molar-refractivity contribution in [3.8, 4) is 5.75 Å². The standard InChI is InChI=1S/C13H15BrN2O5/c1-8(21-10-5-3-9(14)4-6-10)12(18)20-7-11(17)16-13(19)15-2/h3-6,8H,7H2,1-2H3,(H2,15,16,17,19)/t8-/m1/s1. The zero-order chi connectivity index (χ0) is 15.8. The highest BCUT2D eigenvalue weighted by Gasteiger charge is 2.18. The predicted octanol–water partition coefficient (Wildman–Crippen LogP) is 1.22. The van der Waals surface area contributed by atoms with Crippen molar-refractivity contribution in [3.63, 3.8) is 0 Å². The van der Waals surface area contributed by atoms with Crippen molar-refractivity contribution in [3.05, 3.63) is 28.7 Å². The molecule has 0 heterocycles. The fourth-order valence-corrected chi connectivity index (χ4v) is 1.51. The number of carbonyl (C=O) groups excluding carboxylic acids is 3. The zero-order valence-electron chi connectivity index (χ0n) is 11.5. The summed E-state index contributed by atoms with van der Waals surface area (Å²) >= 11 is 3.28. The number of hydrogen-bond acceptors (Lipinski definition) is 5. The molecule has 1 rings (SSSR count). The summed E-state index contributed by atoms with van der Waals surface area (Å²) in [6, 6.07) is 6.24. The van der Waals surface area contributed by atoms with Crippen LogP contribution in [0.1, 0.15) is 6.92 Å². The Morgan fingerprint density at radius 1 is 1.24 bits per heavy atom. The Morgan fingerprint density at radius 3 is 2.43 bits per heavy atom. The normalized spacial score (nSPS) is 11.2. The number of carbonyl (C=O) groups is 3. The summed E-state index contributed by atoms with van der Waals surface area (Å²) in [4.78, 5) is 33.7. The maximum atomic E-state index is 11.6. The van der Waals surface area contributed by atoms with Crippen LogP contribution in [0.4, 0.5) is 4.79 Å². The maximum absolute atomic E-state index is 11.6. The minimum atomic E-state index is -0.876. The number of nitrogens with one attached hydrogen (secondary N) is 2. The molecule has 0 spiro atoms. The van der Waals surface area contributed by atoms with Crippen LogP contribution < -0.4 is 15.4 Å². The smallest absolute Gasteiger partial charge is 0.347 e. The molecule has 0 aliphatic carbocycles. The highest BCUT2D eigenvalue weighted by molar-refractivity contribution is 9.10. The minimum absolute atomic E-state index is 0.498. The highest BCUT2D eigenvalue weighted by atomic mass is 79.9. The zero-order valence-corrected chi connectivity index (χ0v) is 13.1. The lowest BCUT2D eigenvalue weighted by Crippen LogP contribution is -2.40.